The van der Waals surface area contributed by atoms with Gasteiger partial charge in [-0.25, -0.2) is 0 Å². The standard InChI is InChI=1S/2C7H9.2C3H7.2ClH.H2Si.Zr/c2*1-6-3-4-7(2)5-6;2*1-3-2;;;;/h2*3-4,6H,1-2H3;2*3H,1-2H3;2*1H;1H2;. The summed E-state index contributed by atoms with van der Waals surface area (Å²) in [6, 6.07) is 0. The quantitative estimate of drug-likeness (QED) is 0.405. The fourth-order valence-corrected chi connectivity index (χ4v) is 33.7. The fourth-order valence-electron chi connectivity index (χ4n) is 5.73. The Morgan fingerprint density at radius 1 is 0.792 bits per heavy atom. The second-order valence-electron chi connectivity index (χ2n) is 8.43. The number of hydrogen-bond donors (Lipinski definition) is 0. The summed E-state index contributed by atoms with van der Waals surface area (Å²) >= 11 is -3.33. The first kappa shape index (κ1) is 24.6. The first-order valence-corrected chi connectivity index (χ1v) is 20.1. The molecular formula is C20H36Cl2SiZr. The Morgan fingerprint density at radius 2 is 1.08 bits per heavy atom. The predicted octanol–water partition coefficient (Wildman–Crippen LogP) is 6.68. The van der Waals surface area contributed by atoms with Gasteiger partial charge in [0.2, 0.25) is 0 Å². The van der Waals surface area contributed by atoms with Crippen LogP contribution in [0.15, 0.2) is 42.0 Å². The van der Waals surface area contributed by atoms with Crippen molar-refractivity contribution < 1.29 is 17.4 Å². The van der Waals surface area contributed by atoms with E-state index in [1.165, 1.54) is 0 Å². The Bertz CT molecular complexity index is 620. The van der Waals surface area contributed by atoms with Crippen molar-refractivity contribution in [3.05, 3.63) is 42.0 Å². The van der Waals surface area contributed by atoms with Crippen LogP contribution >= 0.6 is 24.8 Å². The minimum atomic E-state index is -3.33. The molecule has 0 spiro atoms. The van der Waals surface area contributed by atoms with E-state index in [0.717, 1.165) is 7.25 Å². The second-order valence-corrected chi connectivity index (χ2v) is 33.8. The summed E-state index contributed by atoms with van der Waals surface area (Å²) in [4.78, 5) is 0. The van der Waals surface area contributed by atoms with E-state index in [-0.39, 0.29) is 24.8 Å². The molecule has 24 heavy (non-hydrogen) atoms. The van der Waals surface area contributed by atoms with E-state index < -0.39 is 17.4 Å². The van der Waals surface area contributed by atoms with E-state index in [9.17, 15) is 0 Å². The van der Waals surface area contributed by atoms with E-state index in [1.807, 2.05) is 6.56 Å². The maximum atomic E-state index is 2.52. The summed E-state index contributed by atoms with van der Waals surface area (Å²) in [5, 5.41) is 0. The number of allylic oxidation sites excluding steroid dienone is 8. The van der Waals surface area contributed by atoms with Crippen molar-refractivity contribution in [1.29, 1.82) is 0 Å². The van der Waals surface area contributed by atoms with Gasteiger partial charge in [-0.2, -0.15) is 0 Å². The molecule has 4 heteroatoms. The summed E-state index contributed by atoms with van der Waals surface area (Å²) in [5.74, 6) is 1.25. The molecule has 0 N–H and O–H groups in total. The molecule has 0 aromatic heterocycles. The zero-order chi connectivity index (χ0) is 16.9. The van der Waals surface area contributed by atoms with Crippen molar-refractivity contribution in [3.8, 4) is 0 Å². The molecule has 0 heterocycles. The third kappa shape index (κ3) is 3.08. The molecule has 0 fully saturated rings. The molecule has 0 saturated heterocycles. The Kier molecular flexibility index (Phi) is 8.33. The van der Waals surface area contributed by atoms with E-state index in [1.54, 1.807) is 11.1 Å². The maximum Gasteiger partial charge on any atom is -0.147 e. The normalized spacial score (nSPS) is 24.1. The van der Waals surface area contributed by atoms with Gasteiger partial charge in [-0.15, -0.1) is 24.8 Å². The van der Waals surface area contributed by atoms with Crippen LogP contribution in [0.1, 0.15) is 55.4 Å². The van der Waals surface area contributed by atoms with Gasteiger partial charge in [0.05, 0.1) is 0 Å². The van der Waals surface area contributed by atoms with Crippen molar-refractivity contribution in [1.82, 2.24) is 0 Å². The summed E-state index contributed by atoms with van der Waals surface area (Å²) in [6.45, 7) is 22.2. The van der Waals surface area contributed by atoms with Crippen molar-refractivity contribution in [2.24, 2.45) is 11.8 Å². The smallest absolute Gasteiger partial charge is 0.147 e. The van der Waals surface area contributed by atoms with Crippen LogP contribution in [0.5, 0.6) is 0 Å². The summed E-state index contributed by atoms with van der Waals surface area (Å²) in [6.07, 6.45) is 9.68. The molecule has 0 nitrogen and oxygen atoms in total. The maximum absolute atomic E-state index is 3.33. The molecule has 2 aliphatic carbocycles. The van der Waals surface area contributed by atoms with Gasteiger partial charge in [0.25, 0.3) is 0 Å². The molecule has 0 radical (unpaired) electrons. The molecule has 0 aromatic carbocycles. The van der Waals surface area contributed by atoms with Crippen LogP contribution in [-0.4, -0.2) is 6.88 Å². The van der Waals surface area contributed by atoms with E-state index in [0.29, 0.717) is 11.8 Å². The summed E-state index contributed by atoms with van der Waals surface area (Å²) < 4.78 is 5.29. The molecule has 2 unspecified atom stereocenters. The van der Waals surface area contributed by atoms with Gasteiger partial charge >= 0.3 is 141 Å². The first-order chi connectivity index (χ1) is 10.1. The van der Waals surface area contributed by atoms with Gasteiger partial charge in [-0.05, 0) is 0 Å². The van der Waals surface area contributed by atoms with Gasteiger partial charge in [0.15, 0.2) is 0 Å². The monoisotopic (exact) mass is 464 g/mol. The van der Waals surface area contributed by atoms with Crippen LogP contribution in [0.4, 0.5) is 0 Å². The van der Waals surface area contributed by atoms with E-state index in [4.69, 9.17) is 0 Å². The molecule has 2 rings (SSSR count). The summed E-state index contributed by atoms with van der Waals surface area (Å²) in [5.41, 5.74) is 3.16. The van der Waals surface area contributed by atoms with Crippen LogP contribution in [0, 0.1) is 11.8 Å². The van der Waals surface area contributed by atoms with Crippen LogP contribution in [0.25, 0.3) is 0 Å². The number of rotatable bonds is 4. The van der Waals surface area contributed by atoms with Crippen LogP contribution in [0.2, 0.25) is 7.25 Å². The zero-order valence-corrected chi connectivity index (χ0v) is 22.1. The summed E-state index contributed by atoms with van der Waals surface area (Å²) in [7, 11) is 0. The van der Waals surface area contributed by atoms with Gasteiger partial charge < -0.3 is 0 Å². The van der Waals surface area contributed by atoms with Gasteiger partial charge in [-0.3, -0.25) is 0 Å². The van der Waals surface area contributed by atoms with Gasteiger partial charge in [0.1, 0.15) is 0 Å². The van der Waals surface area contributed by atoms with Gasteiger partial charge in [0, 0.05) is 0 Å². The Hall–Kier alpha value is 0.640. The number of halogens is 2. The minimum Gasteiger partial charge on any atom is -0.147 e. The molecule has 0 aromatic rings. The van der Waals surface area contributed by atoms with Crippen molar-refractivity contribution in [2.75, 3.05) is 0 Å². The minimum absolute atomic E-state index is 0. The SMILES string of the molecule is CC1=[C]([Zr](=[SiH2])([C]2=C(C)C=CC2C)([CH](C)C)[CH](C)C)C(C)C=C1.Cl.Cl. The van der Waals surface area contributed by atoms with Crippen LogP contribution in [-0.2, 0) is 17.4 Å². The topological polar surface area (TPSA) is 0 Å². The molecule has 0 amide bonds. The second kappa shape index (κ2) is 8.12. The Balaban J connectivity index is 0.00000264. The third-order valence-corrected chi connectivity index (χ3v) is 44.5. The Labute approximate surface area is 164 Å². The molecule has 138 valence electrons. The van der Waals surface area contributed by atoms with E-state index >= 15 is 0 Å². The molecule has 0 bridgehead atoms. The molecule has 2 aliphatic rings. The Morgan fingerprint density at radius 3 is 1.25 bits per heavy atom. The predicted molar refractivity (Wildman–Crippen MR) is 115 cm³/mol. The first-order valence-electron chi connectivity index (χ1n) is 8.88. The number of hydrogen-bond acceptors (Lipinski definition) is 0. The molecule has 2 atom stereocenters. The van der Waals surface area contributed by atoms with Crippen LogP contribution in [0.3, 0.4) is 0 Å². The van der Waals surface area contributed by atoms with Crippen molar-refractivity contribution >= 4 is 31.7 Å². The van der Waals surface area contributed by atoms with Crippen molar-refractivity contribution in [3.63, 3.8) is 0 Å². The molecule has 0 saturated carbocycles. The average Bonchev–Trinajstić information content (AvgIpc) is 2.92. The van der Waals surface area contributed by atoms with Crippen LogP contribution < -0.4 is 0 Å². The van der Waals surface area contributed by atoms with Gasteiger partial charge in [-0.1, -0.05) is 0 Å². The molecule has 0 aliphatic heterocycles. The largest absolute Gasteiger partial charge is 0.147 e. The fraction of sp³-hybridized carbons (Fsp3) is 0.600. The average molecular weight is 467 g/mol. The third-order valence-electron chi connectivity index (χ3n) is 6.94. The zero-order valence-electron chi connectivity index (χ0n) is 16.6. The van der Waals surface area contributed by atoms with Crippen molar-refractivity contribution in [2.45, 2.75) is 62.6 Å². The molecular weight excluding hydrogens is 430 g/mol. The van der Waals surface area contributed by atoms with E-state index in [2.05, 4.69) is 86.6 Å².